The normalized spacial score (nSPS) is 12.1. The minimum atomic E-state index is -0.888. The summed E-state index contributed by atoms with van der Waals surface area (Å²) < 4.78 is 0. The van der Waals surface area contributed by atoms with E-state index in [9.17, 15) is 9.90 Å². The van der Waals surface area contributed by atoms with E-state index < -0.39 is 5.97 Å². The van der Waals surface area contributed by atoms with Gasteiger partial charge in [0.05, 0.1) is 11.3 Å². The smallest absolute Gasteiger partial charge is 0.338 e. The first-order chi connectivity index (χ1) is 9.61. The highest BCUT2D eigenvalue weighted by Gasteiger charge is 2.16. The number of carbonyl (C=O) groups is 1. The number of hydrogen-bond donors (Lipinski definition) is 2. The van der Waals surface area contributed by atoms with Crippen LogP contribution in [0.2, 0.25) is 0 Å². The first-order valence-electron chi connectivity index (χ1n) is 6.31. The zero-order chi connectivity index (χ0) is 14.5. The van der Waals surface area contributed by atoms with Crippen LogP contribution in [0.15, 0.2) is 40.6 Å². The highest BCUT2D eigenvalue weighted by atomic mass is 32.2. The van der Waals surface area contributed by atoms with Gasteiger partial charge in [-0.25, -0.2) is 4.79 Å². The van der Waals surface area contributed by atoms with Gasteiger partial charge in [0.25, 0.3) is 0 Å². The standard InChI is InChI=1S/C15H17NO2S2/c1-10(9-11-5-4-8-20-11)16-12-6-3-7-13(19-2)14(12)15(17)18/h3-8,10,16H,9H2,1-2H3,(H,17,18). The van der Waals surface area contributed by atoms with Gasteiger partial charge < -0.3 is 10.4 Å². The van der Waals surface area contributed by atoms with E-state index in [1.807, 2.05) is 30.5 Å². The average molecular weight is 307 g/mol. The van der Waals surface area contributed by atoms with Crippen LogP contribution in [-0.2, 0) is 6.42 Å². The van der Waals surface area contributed by atoms with E-state index in [0.717, 1.165) is 11.3 Å². The van der Waals surface area contributed by atoms with Gasteiger partial charge in [-0.05, 0) is 36.8 Å². The molecule has 0 aliphatic heterocycles. The summed E-state index contributed by atoms with van der Waals surface area (Å²) in [5.74, 6) is -0.888. The number of rotatable bonds is 6. The third-order valence-corrected chi connectivity index (χ3v) is 4.63. The number of carboxylic acids is 1. The number of nitrogens with one attached hydrogen (secondary N) is 1. The van der Waals surface area contributed by atoms with Gasteiger partial charge in [-0.15, -0.1) is 23.1 Å². The van der Waals surface area contributed by atoms with Gasteiger partial charge >= 0.3 is 5.97 Å². The summed E-state index contributed by atoms with van der Waals surface area (Å²) in [6.07, 6.45) is 2.78. The molecular weight excluding hydrogens is 290 g/mol. The summed E-state index contributed by atoms with van der Waals surface area (Å²) in [5.41, 5.74) is 1.05. The minimum absolute atomic E-state index is 0.184. The molecule has 106 valence electrons. The highest BCUT2D eigenvalue weighted by molar-refractivity contribution is 7.98. The fourth-order valence-electron chi connectivity index (χ4n) is 2.09. The molecule has 2 rings (SSSR count). The predicted molar refractivity (Wildman–Crippen MR) is 86.3 cm³/mol. The van der Waals surface area contributed by atoms with E-state index in [1.165, 1.54) is 16.6 Å². The van der Waals surface area contributed by atoms with E-state index >= 15 is 0 Å². The Morgan fingerprint density at radius 1 is 1.40 bits per heavy atom. The monoisotopic (exact) mass is 307 g/mol. The molecule has 0 amide bonds. The summed E-state index contributed by atoms with van der Waals surface area (Å²) in [5, 5.41) is 14.8. The molecule has 5 heteroatoms. The van der Waals surface area contributed by atoms with Crippen LogP contribution in [0.1, 0.15) is 22.2 Å². The Morgan fingerprint density at radius 3 is 2.80 bits per heavy atom. The lowest BCUT2D eigenvalue weighted by molar-refractivity contribution is 0.0694. The van der Waals surface area contributed by atoms with Gasteiger partial charge in [0, 0.05) is 22.2 Å². The number of hydrogen-bond acceptors (Lipinski definition) is 4. The Bertz CT molecular complexity index is 582. The summed E-state index contributed by atoms with van der Waals surface area (Å²) in [4.78, 5) is 13.5. The third kappa shape index (κ3) is 3.55. The van der Waals surface area contributed by atoms with Crippen LogP contribution in [0.3, 0.4) is 0 Å². The number of thioether (sulfide) groups is 1. The lowest BCUT2D eigenvalue weighted by Crippen LogP contribution is -2.19. The molecule has 0 aliphatic rings. The van der Waals surface area contributed by atoms with Gasteiger partial charge in [0.15, 0.2) is 0 Å². The van der Waals surface area contributed by atoms with E-state index in [4.69, 9.17) is 0 Å². The molecule has 0 aliphatic carbocycles. The molecule has 0 spiro atoms. The highest BCUT2D eigenvalue weighted by Crippen LogP contribution is 2.28. The van der Waals surface area contributed by atoms with Gasteiger partial charge in [-0.1, -0.05) is 12.1 Å². The van der Waals surface area contributed by atoms with Gasteiger partial charge in [0.2, 0.25) is 0 Å². The second-order valence-corrected chi connectivity index (χ2v) is 6.40. The van der Waals surface area contributed by atoms with Crippen LogP contribution < -0.4 is 5.32 Å². The molecule has 1 unspecified atom stereocenters. The van der Waals surface area contributed by atoms with Crippen LogP contribution in [0.25, 0.3) is 0 Å². The fraction of sp³-hybridized carbons (Fsp3) is 0.267. The van der Waals surface area contributed by atoms with E-state index in [-0.39, 0.29) is 6.04 Å². The lowest BCUT2D eigenvalue weighted by atomic mass is 10.1. The quantitative estimate of drug-likeness (QED) is 0.785. The zero-order valence-corrected chi connectivity index (χ0v) is 13.1. The molecule has 2 N–H and O–H groups in total. The van der Waals surface area contributed by atoms with E-state index in [1.54, 1.807) is 11.3 Å². The Hall–Kier alpha value is -1.46. The average Bonchev–Trinajstić information content (AvgIpc) is 2.90. The molecule has 1 heterocycles. The van der Waals surface area contributed by atoms with Crippen LogP contribution in [0.4, 0.5) is 5.69 Å². The summed E-state index contributed by atoms with van der Waals surface area (Å²) in [6, 6.07) is 9.86. The zero-order valence-electron chi connectivity index (χ0n) is 11.4. The van der Waals surface area contributed by atoms with Crippen LogP contribution in [-0.4, -0.2) is 23.4 Å². The molecule has 2 aromatic rings. The molecule has 20 heavy (non-hydrogen) atoms. The molecule has 0 saturated carbocycles. The van der Waals surface area contributed by atoms with Crippen molar-refractivity contribution < 1.29 is 9.90 Å². The van der Waals surface area contributed by atoms with Crippen LogP contribution in [0.5, 0.6) is 0 Å². The summed E-state index contributed by atoms with van der Waals surface area (Å²) in [7, 11) is 0. The van der Waals surface area contributed by atoms with Crippen molar-refractivity contribution in [2.75, 3.05) is 11.6 Å². The SMILES string of the molecule is CSc1cccc(NC(C)Cc2cccs2)c1C(=O)O. The van der Waals surface area contributed by atoms with E-state index in [2.05, 4.69) is 23.7 Å². The molecule has 3 nitrogen and oxygen atoms in total. The van der Waals surface area contributed by atoms with Crippen molar-refractivity contribution in [3.63, 3.8) is 0 Å². The molecule has 0 fully saturated rings. The second kappa shape index (κ2) is 6.81. The maximum atomic E-state index is 11.4. The van der Waals surface area contributed by atoms with Crippen molar-refractivity contribution in [1.82, 2.24) is 0 Å². The molecule has 1 aromatic heterocycles. The van der Waals surface area contributed by atoms with Crippen molar-refractivity contribution in [3.8, 4) is 0 Å². The first-order valence-corrected chi connectivity index (χ1v) is 8.41. The number of benzene rings is 1. The molecule has 1 atom stereocenters. The Kier molecular flexibility index (Phi) is 5.09. The Labute approximate surface area is 127 Å². The topological polar surface area (TPSA) is 49.3 Å². The van der Waals surface area contributed by atoms with Crippen molar-refractivity contribution in [3.05, 3.63) is 46.2 Å². The third-order valence-electron chi connectivity index (χ3n) is 2.95. The van der Waals surface area contributed by atoms with Crippen molar-refractivity contribution >= 4 is 34.8 Å². The predicted octanol–water partition coefficient (Wildman–Crippen LogP) is 4.21. The maximum absolute atomic E-state index is 11.4. The van der Waals surface area contributed by atoms with Crippen molar-refractivity contribution in [2.24, 2.45) is 0 Å². The van der Waals surface area contributed by atoms with Gasteiger partial charge in [-0.3, -0.25) is 0 Å². The Balaban J connectivity index is 2.18. The molecule has 0 saturated heterocycles. The number of thiophene rings is 1. The fourth-order valence-corrected chi connectivity index (χ4v) is 3.54. The number of anilines is 1. The van der Waals surface area contributed by atoms with Crippen molar-refractivity contribution in [2.45, 2.75) is 24.3 Å². The van der Waals surface area contributed by atoms with Crippen LogP contribution >= 0.6 is 23.1 Å². The maximum Gasteiger partial charge on any atom is 0.338 e. The lowest BCUT2D eigenvalue weighted by Gasteiger charge is -2.17. The number of carboxylic acid groups (broad SMARTS) is 1. The minimum Gasteiger partial charge on any atom is -0.478 e. The molecule has 0 radical (unpaired) electrons. The Morgan fingerprint density at radius 2 is 2.20 bits per heavy atom. The molecule has 1 aromatic carbocycles. The van der Waals surface area contributed by atoms with E-state index in [0.29, 0.717) is 11.3 Å². The second-order valence-electron chi connectivity index (χ2n) is 4.52. The first kappa shape index (κ1) is 14.9. The van der Waals surface area contributed by atoms with Crippen molar-refractivity contribution in [1.29, 1.82) is 0 Å². The summed E-state index contributed by atoms with van der Waals surface area (Å²) in [6.45, 7) is 2.07. The van der Waals surface area contributed by atoms with Crippen LogP contribution in [0, 0.1) is 0 Å². The largest absolute Gasteiger partial charge is 0.478 e. The van der Waals surface area contributed by atoms with Gasteiger partial charge in [0.1, 0.15) is 0 Å². The van der Waals surface area contributed by atoms with Gasteiger partial charge in [-0.2, -0.15) is 0 Å². The molecule has 0 bridgehead atoms. The summed E-state index contributed by atoms with van der Waals surface area (Å²) >= 11 is 3.17. The number of aromatic carboxylic acids is 1. The molecular formula is C15H17NO2S2.